The normalized spacial score (nSPS) is 20.3. The van der Waals surface area contributed by atoms with Gasteiger partial charge in [0.15, 0.2) is 0 Å². The van der Waals surface area contributed by atoms with Crippen LogP contribution in [-0.4, -0.2) is 106 Å². The lowest BCUT2D eigenvalue weighted by molar-refractivity contribution is -0.136. The van der Waals surface area contributed by atoms with E-state index in [4.69, 9.17) is 14.5 Å². The molecule has 4 N–H and O–H groups in total. The number of alkyl carbamates (subject to hydrolysis) is 2. The number of benzene rings is 1. The number of nitrogens with zero attached hydrogens (tertiary/aromatic N) is 5. The van der Waals surface area contributed by atoms with Crippen molar-refractivity contribution in [2.75, 3.05) is 45.3 Å². The summed E-state index contributed by atoms with van der Waals surface area (Å²) in [6, 6.07) is 6.82. The maximum Gasteiger partial charge on any atom is 0.407 e. The van der Waals surface area contributed by atoms with Crippen LogP contribution >= 0.6 is 0 Å². The summed E-state index contributed by atoms with van der Waals surface area (Å²) in [5.41, 5.74) is 4.16. The predicted octanol–water partition coefficient (Wildman–Crippen LogP) is 5.27. The number of carbonyl (C=O) groups excluding carboxylic acids is 4. The number of aromatic amines is 2. The minimum Gasteiger partial charge on any atom is -0.453 e. The van der Waals surface area contributed by atoms with Crippen molar-refractivity contribution in [2.45, 2.75) is 96.3 Å². The van der Waals surface area contributed by atoms with Crippen LogP contribution in [0.15, 0.2) is 36.7 Å². The Bertz CT molecular complexity index is 1760. The van der Waals surface area contributed by atoms with E-state index < -0.39 is 24.3 Å². The molecule has 15 nitrogen and oxygen atoms in total. The highest BCUT2D eigenvalue weighted by molar-refractivity contribution is 5.87. The molecule has 0 aliphatic carbocycles. The predicted molar refractivity (Wildman–Crippen MR) is 203 cm³/mol. The minimum absolute atomic E-state index is 0.0841. The summed E-state index contributed by atoms with van der Waals surface area (Å²) in [4.78, 5) is 73.5. The van der Waals surface area contributed by atoms with Gasteiger partial charge in [-0.1, -0.05) is 39.8 Å². The maximum absolute atomic E-state index is 13.5. The monoisotopic (exact) mass is 745 g/mol. The molecule has 2 aromatic heterocycles. The van der Waals surface area contributed by atoms with Crippen molar-refractivity contribution in [3.63, 3.8) is 0 Å². The van der Waals surface area contributed by atoms with Gasteiger partial charge in [-0.3, -0.25) is 9.59 Å². The molecule has 5 heterocycles. The molecule has 4 atom stereocenters. The smallest absolute Gasteiger partial charge is 0.407 e. The number of piperidine rings is 1. The molecule has 3 saturated heterocycles. The number of rotatable bonds is 11. The van der Waals surface area contributed by atoms with Crippen molar-refractivity contribution in [1.82, 2.24) is 40.4 Å². The first-order valence-corrected chi connectivity index (χ1v) is 19.2. The van der Waals surface area contributed by atoms with Gasteiger partial charge in [-0.25, -0.2) is 19.6 Å². The third kappa shape index (κ3) is 8.34. The highest BCUT2D eigenvalue weighted by atomic mass is 16.5. The lowest BCUT2D eigenvalue weighted by Gasteiger charge is -2.33. The van der Waals surface area contributed by atoms with Crippen LogP contribution < -0.4 is 15.5 Å². The van der Waals surface area contributed by atoms with Crippen LogP contribution in [-0.2, 0) is 19.1 Å². The van der Waals surface area contributed by atoms with Crippen LogP contribution in [0.3, 0.4) is 0 Å². The SMILES string of the molecule is COC(=O)N[C@H](C(=O)N1CCC[C@H]1c1ncc(-c2ccc(N3CCC(c4cnc([C@@H]5CCCN5C(=O)[C@@H](NC(=O)OC)C(C)C)[nH]4)CC3)cc2)[nH]1)C(C)C. The molecular formula is C39H55N9O6. The molecule has 4 amide bonds. The number of amides is 4. The van der Waals surface area contributed by atoms with Crippen molar-refractivity contribution >= 4 is 29.7 Å². The van der Waals surface area contributed by atoms with Crippen LogP contribution in [0, 0.1) is 11.8 Å². The van der Waals surface area contributed by atoms with E-state index in [0.717, 1.165) is 85.9 Å². The molecule has 0 radical (unpaired) electrons. The number of H-pyrrole nitrogens is 2. The van der Waals surface area contributed by atoms with E-state index in [2.05, 4.69) is 54.8 Å². The Hall–Kier alpha value is -5.08. The third-order valence-corrected chi connectivity index (χ3v) is 11.2. The number of nitrogens with one attached hydrogen (secondary N) is 4. The molecule has 0 bridgehead atoms. The zero-order valence-corrected chi connectivity index (χ0v) is 32.3. The average molecular weight is 746 g/mol. The molecule has 54 heavy (non-hydrogen) atoms. The van der Waals surface area contributed by atoms with E-state index in [9.17, 15) is 19.2 Å². The number of carbonyl (C=O) groups is 4. The fourth-order valence-electron chi connectivity index (χ4n) is 8.07. The summed E-state index contributed by atoms with van der Waals surface area (Å²) in [7, 11) is 2.59. The average Bonchev–Trinajstić information content (AvgIpc) is 4.02. The first kappa shape index (κ1) is 38.6. The Balaban J connectivity index is 1.04. The molecule has 0 spiro atoms. The lowest BCUT2D eigenvalue weighted by atomic mass is 9.93. The Morgan fingerprint density at radius 3 is 1.70 bits per heavy atom. The van der Waals surface area contributed by atoms with E-state index >= 15 is 0 Å². The lowest BCUT2D eigenvalue weighted by Crippen LogP contribution is -2.51. The van der Waals surface area contributed by atoms with Crippen LogP contribution in [0.2, 0.25) is 0 Å². The molecule has 3 aliphatic heterocycles. The zero-order valence-electron chi connectivity index (χ0n) is 32.3. The molecule has 6 rings (SSSR count). The van der Waals surface area contributed by atoms with Gasteiger partial charge in [-0.05, 0) is 68.1 Å². The quantitative estimate of drug-likeness (QED) is 0.204. The van der Waals surface area contributed by atoms with Crippen molar-refractivity contribution in [2.24, 2.45) is 11.8 Å². The number of hydrogen-bond donors (Lipinski definition) is 4. The number of imidazole rings is 2. The number of aromatic nitrogens is 4. The van der Waals surface area contributed by atoms with E-state index in [1.165, 1.54) is 14.2 Å². The largest absolute Gasteiger partial charge is 0.453 e. The topological polar surface area (TPSA) is 178 Å². The Morgan fingerprint density at radius 1 is 0.704 bits per heavy atom. The molecule has 292 valence electrons. The summed E-state index contributed by atoms with van der Waals surface area (Å²) in [5.74, 6) is 1.47. The minimum atomic E-state index is -0.677. The summed E-state index contributed by atoms with van der Waals surface area (Å²) in [6.07, 6.45) is 7.84. The third-order valence-electron chi connectivity index (χ3n) is 11.2. The van der Waals surface area contributed by atoms with Crippen molar-refractivity contribution in [3.8, 4) is 11.3 Å². The van der Waals surface area contributed by atoms with Gasteiger partial charge in [0.2, 0.25) is 11.8 Å². The second-order valence-electron chi connectivity index (χ2n) is 15.3. The first-order chi connectivity index (χ1) is 26.0. The van der Waals surface area contributed by atoms with Crippen molar-refractivity contribution in [3.05, 3.63) is 54.0 Å². The van der Waals surface area contributed by atoms with Gasteiger partial charge >= 0.3 is 12.2 Å². The van der Waals surface area contributed by atoms with E-state index in [0.29, 0.717) is 19.0 Å². The molecule has 0 saturated carbocycles. The second-order valence-corrected chi connectivity index (χ2v) is 15.3. The molecule has 3 aliphatic rings. The summed E-state index contributed by atoms with van der Waals surface area (Å²) in [5, 5.41) is 5.41. The summed E-state index contributed by atoms with van der Waals surface area (Å²) >= 11 is 0. The van der Waals surface area contributed by atoms with Gasteiger partial charge in [0.25, 0.3) is 0 Å². The fraction of sp³-hybridized carbons (Fsp3) is 0.590. The van der Waals surface area contributed by atoms with Gasteiger partial charge in [0.1, 0.15) is 23.7 Å². The molecule has 3 fully saturated rings. The standard InChI is InChI=1S/C39H55N9O6/c1-23(2)32(44-38(51)53-5)36(49)47-17-7-9-30(47)34-40-21-28(42-34)25-11-13-27(14-12-25)46-19-15-26(16-20-46)29-22-41-35(43-29)31-10-8-18-48(31)37(50)33(24(3)4)45-39(52)54-6/h11-14,21-24,26,30-33H,7-10,15-20H2,1-6H3,(H,40,42)(H,41,43)(H,44,51)(H,45,52)/t30-,31-,32-,33-/m0/s1. The number of ether oxygens (including phenoxy) is 2. The fourth-order valence-corrected chi connectivity index (χ4v) is 8.07. The summed E-state index contributed by atoms with van der Waals surface area (Å²) in [6.45, 7) is 10.7. The highest BCUT2D eigenvalue weighted by Gasteiger charge is 2.39. The van der Waals surface area contributed by atoms with Crippen LogP contribution in [0.25, 0.3) is 11.3 Å². The second kappa shape index (κ2) is 16.9. The zero-order chi connectivity index (χ0) is 38.5. The number of hydrogen-bond acceptors (Lipinski definition) is 9. The Kier molecular flexibility index (Phi) is 12.1. The molecule has 1 aromatic carbocycles. The van der Waals surface area contributed by atoms with Gasteiger partial charge < -0.3 is 44.8 Å². The maximum atomic E-state index is 13.5. The molecule has 0 unspecified atom stereocenters. The van der Waals surface area contributed by atoms with Crippen LogP contribution in [0.5, 0.6) is 0 Å². The molecular weight excluding hydrogens is 690 g/mol. The van der Waals surface area contributed by atoms with Gasteiger partial charge in [0.05, 0.1) is 38.2 Å². The van der Waals surface area contributed by atoms with Crippen LogP contribution in [0.1, 0.15) is 102 Å². The molecule has 15 heteroatoms. The van der Waals surface area contributed by atoms with Gasteiger partial charge in [-0.15, -0.1) is 0 Å². The van der Waals surface area contributed by atoms with E-state index in [1.54, 1.807) is 0 Å². The van der Waals surface area contributed by atoms with Crippen molar-refractivity contribution in [1.29, 1.82) is 0 Å². The first-order valence-electron chi connectivity index (χ1n) is 19.2. The number of likely N-dealkylation sites (tertiary alicyclic amines) is 2. The Labute approximate surface area is 316 Å². The van der Waals surface area contributed by atoms with Crippen molar-refractivity contribution < 1.29 is 28.7 Å². The summed E-state index contributed by atoms with van der Waals surface area (Å²) < 4.78 is 9.52. The van der Waals surface area contributed by atoms with E-state index in [1.807, 2.05) is 49.9 Å². The van der Waals surface area contributed by atoms with Gasteiger partial charge in [-0.2, -0.15) is 0 Å². The number of anilines is 1. The number of methoxy groups -OCH3 is 2. The van der Waals surface area contributed by atoms with Gasteiger partial charge in [0, 0.05) is 49.7 Å². The van der Waals surface area contributed by atoms with Crippen LogP contribution in [0.4, 0.5) is 15.3 Å². The van der Waals surface area contributed by atoms with E-state index in [-0.39, 0.29) is 35.7 Å². The molecule has 3 aromatic rings. The highest BCUT2D eigenvalue weighted by Crippen LogP contribution is 2.36. The Morgan fingerprint density at radius 2 is 1.20 bits per heavy atom.